The monoisotopic (exact) mass is 301 g/mol. The van der Waals surface area contributed by atoms with Gasteiger partial charge in [-0.25, -0.2) is 0 Å². The fraction of sp³-hybridized carbons (Fsp3) is 0.529. The molecule has 1 saturated carbocycles. The Morgan fingerprint density at radius 1 is 1.23 bits per heavy atom. The van der Waals surface area contributed by atoms with Crippen LogP contribution in [0.1, 0.15) is 38.1 Å². The molecule has 0 spiro atoms. The maximum absolute atomic E-state index is 5.73. The first kappa shape index (κ1) is 14.9. The Labute approximate surface area is 131 Å². The molecule has 0 amide bonds. The minimum absolute atomic E-state index is 0.477. The second-order valence-corrected chi connectivity index (χ2v) is 6.35. The van der Waals surface area contributed by atoms with Crippen LogP contribution in [0.2, 0.25) is 0 Å². The van der Waals surface area contributed by atoms with Gasteiger partial charge in [-0.2, -0.15) is 0 Å². The number of rotatable bonds is 8. The zero-order valence-electron chi connectivity index (χ0n) is 13.2. The van der Waals surface area contributed by atoms with Crippen molar-refractivity contribution in [1.29, 1.82) is 0 Å². The highest BCUT2D eigenvalue weighted by atomic mass is 16.5. The first-order valence-electron chi connectivity index (χ1n) is 7.97. The predicted octanol–water partition coefficient (Wildman–Crippen LogP) is 3.67. The maximum atomic E-state index is 5.73. The van der Waals surface area contributed by atoms with Gasteiger partial charge in [0.1, 0.15) is 5.75 Å². The first-order chi connectivity index (χ1) is 10.7. The van der Waals surface area contributed by atoms with E-state index in [1.165, 1.54) is 12.8 Å². The maximum Gasteiger partial charge on any atom is 0.315 e. The van der Waals surface area contributed by atoms with Crippen LogP contribution in [-0.2, 0) is 13.0 Å². The van der Waals surface area contributed by atoms with Crippen LogP contribution in [-0.4, -0.2) is 16.8 Å². The molecule has 3 rings (SSSR count). The quantitative estimate of drug-likeness (QED) is 0.806. The smallest absolute Gasteiger partial charge is 0.315 e. The van der Waals surface area contributed by atoms with Gasteiger partial charge < -0.3 is 14.5 Å². The van der Waals surface area contributed by atoms with Gasteiger partial charge >= 0.3 is 6.01 Å². The first-order valence-corrected chi connectivity index (χ1v) is 7.97. The van der Waals surface area contributed by atoms with Crippen molar-refractivity contribution in [2.24, 2.45) is 11.8 Å². The van der Waals surface area contributed by atoms with E-state index in [4.69, 9.17) is 9.15 Å². The molecule has 1 aliphatic rings. The van der Waals surface area contributed by atoms with Crippen molar-refractivity contribution in [1.82, 2.24) is 10.2 Å². The number of hydrogen-bond donors (Lipinski definition) is 1. The summed E-state index contributed by atoms with van der Waals surface area (Å²) in [5.74, 6) is 2.91. The summed E-state index contributed by atoms with van der Waals surface area (Å²) in [6.45, 7) is 5.76. The summed E-state index contributed by atoms with van der Waals surface area (Å²) in [6, 6.07) is 8.61. The lowest BCUT2D eigenvalue weighted by Gasteiger charge is -2.06. The zero-order chi connectivity index (χ0) is 15.4. The fourth-order valence-corrected chi connectivity index (χ4v) is 2.14. The van der Waals surface area contributed by atoms with Crippen LogP contribution in [0.25, 0.3) is 0 Å². The fourth-order valence-electron chi connectivity index (χ4n) is 2.14. The van der Waals surface area contributed by atoms with Crippen molar-refractivity contribution < 1.29 is 9.15 Å². The lowest BCUT2D eigenvalue weighted by molar-refractivity contribution is 0.299. The molecule has 22 heavy (non-hydrogen) atoms. The molecule has 1 fully saturated rings. The summed E-state index contributed by atoms with van der Waals surface area (Å²) in [7, 11) is 0. The van der Waals surface area contributed by atoms with Crippen LogP contribution < -0.4 is 10.1 Å². The van der Waals surface area contributed by atoms with Gasteiger partial charge in [-0.1, -0.05) is 31.1 Å². The van der Waals surface area contributed by atoms with E-state index in [2.05, 4.69) is 41.5 Å². The molecular formula is C17H23N3O2. The zero-order valence-corrected chi connectivity index (χ0v) is 13.2. The van der Waals surface area contributed by atoms with Crippen molar-refractivity contribution in [3.8, 4) is 5.75 Å². The third-order valence-corrected chi connectivity index (χ3v) is 3.60. The second kappa shape index (κ2) is 6.81. The van der Waals surface area contributed by atoms with Gasteiger partial charge in [-0.15, -0.1) is 5.10 Å². The Morgan fingerprint density at radius 2 is 2.00 bits per heavy atom. The molecule has 1 N–H and O–H groups in total. The molecule has 1 aliphatic carbocycles. The summed E-state index contributed by atoms with van der Waals surface area (Å²) < 4.78 is 11.3. The third kappa shape index (κ3) is 4.48. The van der Waals surface area contributed by atoms with Gasteiger partial charge in [0.2, 0.25) is 5.89 Å². The van der Waals surface area contributed by atoms with Gasteiger partial charge in [0.15, 0.2) is 0 Å². The number of hydrogen-bond acceptors (Lipinski definition) is 5. The van der Waals surface area contributed by atoms with E-state index in [9.17, 15) is 0 Å². The van der Waals surface area contributed by atoms with Gasteiger partial charge in [0.05, 0.1) is 6.61 Å². The Balaban J connectivity index is 1.47. The summed E-state index contributed by atoms with van der Waals surface area (Å²) in [6.07, 6.45) is 3.43. The molecule has 0 saturated heterocycles. The third-order valence-electron chi connectivity index (χ3n) is 3.60. The molecule has 2 aromatic rings. The minimum Gasteiger partial charge on any atom is -0.493 e. The number of aromatic nitrogens is 2. The molecule has 0 bridgehead atoms. The molecule has 1 aromatic carbocycles. The van der Waals surface area contributed by atoms with E-state index in [-0.39, 0.29) is 0 Å². The molecule has 1 aromatic heterocycles. The Bertz CT molecular complexity index is 588. The number of nitrogens with zero attached hydrogens (tertiary/aromatic N) is 2. The lowest BCUT2D eigenvalue weighted by atomic mass is 10.1. The van der Waals surface area contributed by atoms with Crippen LogP contribution in [0.15, 0.2) is 28.7 Å². The second-order valence-electron chi connectivity index (χ2n) is 6.35. The molecule has 0 aliphatic heterocycles. The van der Waals surface area contributed by atoms with E-state index >= 15 is 0 Å². The minimum atomic E-state index is 0.477. The molecule has 0 atom stereocenters. The van der Waals surface area contributed by atoms with Crippen LogP contribution >= 0.6 is 0 Å². The number of ether oxygens (including phenoxy) is 1. The standard InChI is InChI=1S/C17H23N3O2/c1-12(2)9-16-19-20-17(22-16)18-10-13-5-7-15(8-6-13)21-11-14-3-4-14/h5-8,12,14H,3-4,9-11H2,1-2H3,(H,18,20). The van der Waals surface area contributed by atoms with E-state index in [0.717, 1.165) is 30.3 Å². The topological polar surface area (TPSA) is 60.2 Å². The van der Waals surface area contributed by atoms with Gasteiger partial charge in [0.25, 0.3) is 0 Å². The van der Waals surface area contributed by atoms with Gasteiger partial charge in [-0.05, 0) is 42.4 Å². The average Bonchev–Trinajstić information content (AvgIpc) is 3.23. The molecule has 1 heterocycles. The van der Waals surface area contributed by atoms with Crippen molar-refractivity contribution in [2.45, 2.75) is 39.7 Å². The number of anilines is 1. The number of nitrogens with one attached hydrogen (secondary N) is 1. The highest BCUT2D eigenvalue weighted by molar-refractivity contribution is 5.30. The molecule has 0 radical (unpaired) electrons. The predicted molar refractivity (Wildman–Crippen MR) is 84.8 cm³/mol. The van der Waals surface area contributed by atoms with Crippen molar-refractivity contribution >= 4 is 6.01 Å². The van der Waals surface area contributed by atoms with Crippen molar-refractivity contribution in [2.75, 3.05) is 11.9 Å². The normalized spacial score (nSPS) is 14.3. The van der Waals surface area contributed by atoms with Crippen LogP contribution in [0.4, 0.5) is 6.01 Å². The Hall–Kier alpha value is -2.04. The summed E-state index contributed by atoms with van der Waals surface area (Å²) >= 11 is 0. The Morgan fingerprint density at radius 3 is 2.68 bits per heavy atom. The van der Waals surface area contributed by atoms with E-state index in [1.807, 2.05) is 12.1 Å². The highest BCUT2D eigenvalue weighted by Crippen LogP contribution is 2.29. The number of benzene rings is 1. The van der Waals surface area contributed by atoms with Gasteiger partial charge in [0, 0.05) is 13.0 Å². The van der Waals surface area contributed by atoms with Gasteiger partial charge in [-0.3, -0.25) is 0 Å². The van der Waals surface area contributed by atoms with Crippen molar-refractivity contribution in [3.05, 3.63) is 35.7 Å². The average molecular weight is 301 g/mol. The molecule has 118 valence electrons. The van der Waals surface area contributed by atoms with Crippen LogP contribution in [0.3, 0.4) is 0 Å². The largest absolute Gasteiger partial charge is 0.493 e. The van der Waals surface area contributed by atoms with Crippen LogP contribution in [0.5, 0.6) is 5.75 Å². The summed E-state index contributed by atoms with van der Waals surface area (Å²) in [4.78, 5) is 0. The Kier molecular flexibility index (Phi) is 4.61. The lowest BCUT2D eigenvalue weighted by Crippen LogP contribution is -2.01. The van der Waals surface area contributed by atoms with Crippen molar-refractivity contribution in [3.63, 3.8) is 0 Å². The molecular weight excluding hydrogens is 278 g/mol. The van der Waals surface area contributed by atoms with Crippen LogP contribution in [0, 0.1) is 11.8 Å². The van der Waals surface area contributed by atoms with E-state index < -0.39 is 0 Å². The molecule has 5 heteroatoms. The van der Waals surface area contributed by atoms with E-state index in [1.54, 1.807) is 0 Å². The SMILES string of the molecule is CC(C)Cc1nnc(NCc2ccc(OCC3CC3)cc2)o1. The summed E-state index contributed by atoms with van der Waals surface area (Å²) in [5.41, 5.74) is 1.15. The van der Waals surface area contributed by atoms with E-state index in [0.29, 0.717) is 24.4 Å². The molecule has 0 unspecified atom stereocenters. The highest BCUT2D eigenvalue weighted by Gasteiger charge is 2.21. The summed E-state index contributed by atoms with van der Waals surface area (Å²) in [5, 5.41) is 11.2. The molecule has 5 nitrogen and oxygen atoms in total.